The molecule has 1 fully saturated rings. The zero-order valence-electron chi connectivity index (χ0n) is 19.0. The maximum Gasteiger partial charge on any atom is 0.251 e. The molecule has 1 aliphatic heterocycles. The van der Waals surface area contributed by atoms with Gasteiger partial charge in [-0.05, 0) is 60.7 Å². The standard InChI is InChI=1S/C24H31N3O5S/c1-17(2)13-23(28)27-20-6-3-5-18(14-20)15-25-24(29)19-8-10-22(11-9-19)33(30,31)26-16-21-7-4-12-32-21/h3,5-6,8-11,14,17,21,26H,4,7,12-13,15-16H2,1-2H3,(H,25,29)(H,27,28). The molecule has 0 saturated carbocycles. The number of nitrogens with one attached hydrogen (secondary N) is 3. The van der Waals surface area contributed by atoms with Crippen molar-refractivity contribution in [1.82, 2.24) is 10.0 Å². The fourth-order valence-electron chi connectivity index (χ4n) is 3.50. The van der Waals surface area contributed by atoms with Crippen molar-refractivity contribution in [1.29, 1.82) is 0 Å². The van der Waals surface area contributed by atoms with Crippen LogP contribution in [0.5, 0.6) is 0 Å². The minimum atomic E-state index is -3.66. The third kappa shape index (κ3) is 7.66. The van der Waals surface area contributed by atoms with E-state index in [1.54, 1.807) is 6.07 Å². The lowest BCUT2D eigenvalue weighted by molar-refractivity contribution is -0.116. The third-order valence-electron chi connectivity index (χ3n) is 5.21. The summed E-state index contributed by atoms with van der Waals surface area (Å²) in [6, 6.07) is 13.1. The van der Waals surface area contributed by atoms with E-state index in [1.165, 1.54) is 24.3 Å². The minimum Gasteiger partial charge on any atom is -0.377 e. The molecular weight excluding hydrogens is 442 g/mol. The second-order valence-corrected chi connectivity index (χ2v) is 10.3. The zero-order valence-corrected chi connectivity index (χ0v) is 19.8. The Kier molecular flexibility index (Phi) is 8.60. The van der Waals surface area contributed by atoms with Gasteiger partial charge < -0.3 is 15.4 Å². The number of hydrogen-bond donors (Lipinski definition) is 3. The SMILES string of the molecule is CC(C)CC(=O)Nc1cccc(CNC(=O)c2ccc(S(=O)(=O)NCC3CCCO3)cc2)c1. The van der Waals surface area contributed by atoms with Crippen molar-refractivity contribution in [3.63, 3.8) is 0 Å². The third-order valence-corrected chi connectivity index (χ3v) is 6.65. The number of anilines is 1. The molecule has 1 aliphatic rings. The Morgan fingerprint density at radius 1 is 1.12 bits per heavy atom. The molecule has 1 unspecified atom stereocenters. The van der Waals surface area contributed by atoms with Gasteiger partial charge in [0.2, 0.25) is 15.9 Å². The van der Waals surface area contributed by atoms with Crippen LogP contribution in [0.2, 0.25) is 0 Å². The Balaban J connectivity index is 1.53. The lowest BCUT2D eigenvalue weighted by Gasteiger charge is -2.12. The van der Waals surface area contributed by atoms with Crippen LogP contribution in [0.3, 0.4) is 0 Å². The van der Waals surface area contributed by atoms with Gasteiger partial charge in [0.1, 0.15) is 0 Å². The summed E-state index contributed by atoms with van der Waals surface area (Å²) in [5, 5.41) is 5.67. The Labute approximate surface area is 195 Å². The van der Waals surface area contributed by atoms with E-state index in [4.69, 9.17) is 4.74 Å². The number of amides is 2. The van der Waals surface area contributed by atoms with Gasteiger partial charge in [-0.1, -0.05) is 26.0 Å². The maximum absolute atomic E-state index is 12.5. The first-order valence-electron chi connectivity index (χ1n) is 11.1. The van der Waals surface area contributed by atoms with Crippen LogP contribution in [0.25, 0.3) is 0 Å². The molecule has 3 N–H and O–H groups in total. The number of sulfonamides is 1. The van der Waals surface area contributed by atoms with Crippen LogP contribution in [0, 0.1) is 5.92 Å². The van der Waals surface area contributed by atoms with Crippen molar-refractivity contribution in [3.8, 4) is 0 Å². The van der Waals surface area contributed by atoms with Crippen molar-refractivity contribution >= 4 is 27.5 Å². The lowest BCUT2D eigenvalue weighted by atomic mass is 10.1. The lowest BCUT2D eigenvalue weighted by Crippen LogP contribution is -2.31. The van der Waals surface area contributed by atoms with E-state index in [2.05, 4.69) is 15.4 Å². The zero-order chi connectivity index (χ0) is 23.8. The molecule has 1 atom stereocenters. The smallest absolute Gasteiger partial charge is 0.251 e. The monoisotopic (exact) mass is 473 g/mol. The van der Waals surface area contributed by atoms with E-state index < -0.39 is 10.0 Å². The topological polar surface area (TPSA) is 114 Å². The first-order valence-corrected chi connectivity index (χ1v) is 12.6. The predicted octanol–water partition coefficient (Wildman–Crippen LogP) is 3.06. The summed E-state index contributed by atoms with van der Waals surface area (Å²) in [5.74, 6) is -0.0991. The fourth-order valence-corrected chi connectivity index (χ4v) is 4.57. The summed E-state index contributed by atoms with van der Waals surface area (Å²) in [6.45, 7) is 5.13. The molecule has 33 heavy (non-hydrogen) atoms. The molecule has 0 aliphatic carbocycles. The molecule has 1 saturated heterocycles. The van der Waals surface area contributed by atoms with Gasteiger partial charge in [0.15, 0.2) is 0 Å². The van der Waals surface area contributed by atoms with Crippen LogP contribution in [0.4, 0.5) is 5.69 Å². The molecule has 0 radical (unpaired) electrons. The van der Waals surface area contributed by atoms with Gasteiger partial charge in [-0.3, -0.25) is 9.59 Å². The number of benzene rings is 2. The predicted molar refractivity (Wildman–Crippen MR) is 126 cm³/mol. The molecule has 9 heteroatoms. The summed E-state index contributed by atoms with van der Waals surface area (Å²) >= 11 is 0. The maximum atomic E-state index is 12.5. The van der Waals surface area contributed by atoms with Crippen LogP contribution in [-0.4, -0.2) is 39.5 Å². The first-order chi connectivity index (χ1) is 15.7. The molecule has 1 heterocycles. The van der Waals surface area contributed by atoms with E-state index in [1.807, 2.05) is 32.0 Å². The molecule has 3 rings (SSSR count). The highest BCUT2D eigenvalue weighted by molar-refractivity contribution is 7.89. The molecule has 0 aromatic heterocycles. The summed E-state index contributed by atoms with van der Waals surface area (Å²) in [4.78, 5) is 24.6. The summed E-state index contributed by atoms with van der Waals surface area (Å²) in [7, 11) is -3.66. The van der Waals surface area contributed by atoms with Gasteiger partial charge in [0.05, 0.1) is 11.0 Å². The van der Waals surface area contributed by atoms with Crippen LogP contribution < -0.4 is 15.4 Å². The summed E-state index contributed by atoms with van der Waals surface area (Å²) in [5.41, 5.74) is 1.87. The highest BCUT2D eigenvalue weighted by Gasteiger charge is 2.20. The number of ether oxygens (including phenoxy) is 1. The highest BCUT2D eigenvalue weighted by Crippen LogP contribution is 2.15. The second-order valence-electron chi connectivity index (χ2n) is 8.54. The van der Waals surface area contributed by atoms with E-state index >= 15 is 0 Å². The van der Waals surface area contributed by atoms with Crippen LogP contribution in [-0.2, 0) is 26.1 Å². The van der Waals surface area contributed by atoms with Crippen molar-refractivity contribution in [2.24, 2.45) is 5.92 Å². The molecule has 2 amide bonds. The van der Waals surface area contributed by atoms with Crippen molar-refractivity contribution in [3.05, 3.63) is 59.7 Å². The van der Waals surface area contributed by atoms with Gasteiger partial charge in [0, 0.05) is 37.4 Å². The molecule has 2 aromatic carbocycles. The quantitative estimate of drug-likeness (QED) is 0.491. The van der Waals surface area contributed by atoms with E-state index in [0.717, 1.165) is 18.4 Å². The van der Waals surface area contributed by atoms with Crippen LogP contribution >= 0.6 is 0 Å². The Hall–Kier alpha value is -2.75. The average molecular weight is 474 g/mol. The Morgan fingerprint density at radius 3 is 2.55 bits per heavy atom. The number of rotatable bonds is 10. The number of carbonyl (C=O) groups is 2. The van der Waals surface area contributed by atoms with Crippen molar-refractivity contribution in [2.75, 3.05) is 18.5 Å². The van der Waals surface area contributed by atoms with Gasteiger partial charge in [0.25, 0.3) is 5.91 Å². The van der Waals surface area contributed by atoms with E-state index in [0.29, 0.717) is 24.3 Å². The number of carbonyl (C=O) groups excluding carboxylic acids is 2. The first kappa shape index (κ1) is 24.9. The van der Waals surface area contributed by atoms with E-state index in [9.17, 15) is 18.0 Å². The molecular formula is C24H31N3O5S. The van der Waals surface area contributed by atoms with Crippen molar-refractivity contribution < 1.29 is 22.7 Å². The van der Waals surface area contributed by atoms with Gasteiger partial charge in [-0.25, -0.2) is 13.1 Å². The number of hydrogen-bond acceptors (Lipinski definition) is 5. The molecule has 178 valence electrons. The Morgan fingerprint density at radius 2 is 1.88 bits per heavy atom. The highest BCUT2D eigenvalue weighted by atomic mass is 32.2. The molecule has 0 spiro atoms. The minimum absolute atomic E-state index is 0.0496. The molecule has 8 nitrogen and oxygen atoms in total. The summed E-state index contributed by atoms with van der Waals surface area (Å²) < 4.78 is 32.9. The summed E-state index contributed by atoms with van der Waals surface area (Å²) in [6.07, 6.45) is 2.13. The molecule has 2 aromatic rings. The molecule has 0 bridgehead atoms. The van der Waals surface area contributed by atoms with E-state index in [-0.39, 0.29) is 41.8 Å². The fraction of sp³-hybridized carbons (Fsp3) is 0.417. The van der Waals surface area contributed by atoms with Gasteiger partial charge >= 0.3 is 0 Å². The van der Waals surface area contributed by atoms with Crippen LogP contribution in [0.15, 0.2) is 53.4 Å². The second kappa shape index (κ2) is 11.4. The van der Waals surface area contributed by atoms with Crippen LogP contribution in [0.1, 0.15) is 49.0 Å². The Bertz CT molecular complexity index is 1060. The average Bonchev–Trinajstić information content (AvgIpc) is 3.30. The normalized spacial score (nSPS) is 16.0. The largest absolute Gasteiger partial charge is 0.377 e. The van der Waals surface area contributed by atoms with Crippen molar-refractivity contribution in [2.45, 2.75) is 50.7 Å². The van der Waals surface area contributed by atoms with Gasteiger partial charge in [-0.2, -0.15) is 0 Å². The van der Waals surface area contributed by atoms with Gasteiger partial charge in [-0.15, -0.1) is 0 Å².